The number of benzene rings is 1. The standard InChI is InChI=1S/C12H17NO/c1-9-3-4-11(10(2)5-9)6-13-7-12(14)8-13/h3-5,12,14H,6-8H2,1-2H3. The van der Waals surface area contributed by atoms with E-state index in [1.807, 2.05) is 0 Å². The molecule has 1 heterocycles. The third-order valence-corrected chi connectivity index (χ3v) is 2.83. The highest BCUT2D eigenvalue weighted by atomic mass is 16.3. The van der Waals surface area contributed by atoms with E-state index >= 15 is 0 Å². The maximum absolute atomic E-state index is 9.17. The van der Waals surface area contributed by atoms with Gasteiger partial charge in [-0.15, -0.1) is 0 Å². The molecule has 1 aromatic rings. The van der Waals surface area contributed by atoms with Crippen LogP contribution in [0, 0.1) is 13.8 Å². The third-order valence-electron chi connectivity index (χ3n) is 2.83. The molecular formula is C12H17NO. The number of hydrogen-bond acceptors (Lipinski definition) is 2. The van der Waals surface area contributed by atoms with Gasteiger partial charge < -0.3 is 5.11 Å². The molecule has 76 valence electrons. The molecule has 2 nitrogen and oxygen atoms in total. The molecule has 1 fully saturated rings. The van der Waals surface area contributed by atoms with Crippen LogP contribution in [0.15, 0.2) is 18.2 Å². The Hall–Kier alpha value is -0.860. The minimum atomic E-state index is -0.0965. The number of nitrogens with zero attached hydrogens (tertiary/aromatic N) is 1. The highest BCUT2D eigenvalue weighted by Crippen LogP contribution is 2.16. The highest BCUT2D eigenvalue weighted by Gasteiger charge is 2.24. The van der Waals surface area contributed by atoms with Crippen molar-refractivity contribution in [1.29, 1.82) is 0 Å². The van der Waals surface area contributed by atoms with Gasteiger partial charge in [0.2, 0.25) is 0 Å². The Morgan fingerprint density at radius 2 is 2.07 bits per heavy atom. The predicted octanol–water partition coefficient (Wildman–Crippen LogP) is 1.48. The Labute approximate surface area is 85.2 Å². The molecule has 2 rings (SSSR count). The quantitative estimate of drug-likeness (QED) is 0.765. The molecule has 1 N–H and O–H groups in total. The van der Waals surface area contributed by atoms with Gasteiger partial charge in [0.25, 0.3) is 0 Å². The van der Waals surface area contributed by atoms with Gasteiger partial charge in [-0.2, -0.15) is 0 Å². The number of rotatable bonds is 2. The average Bonchev–Trinajstić information content (AvgIpc) is 2.06. The Morgan fingerprint density at radius 3 is 2.64 bits per heavy atom. The van der Waals surface area contributed by atoms with Crippen molar-refractivity contribution in [3.8, 4) is 0 Å². The molecule has 1 saturated heterocycles. The molecule has 1 aliphatic rings. The first-order valence-corrected chi connectivity index (χ1v) is 5.11. The Morgan fingerprint density at radius 1 is 1.36 bits per heavy atom. The van der Waals surface area contributed by atoms with E-state index in [2.05, 4.69) is 36.9 Å². The van der Waals surface area contributed by atoms with Crippen LogP contribution in [0.2, 0.25) is 0 Å². The lowest BCUT2D eigenvalue weighted by Gasteiger charge is -2.36. The van der Waals surface area contributed by atoms with Crippen molar-refractivity contribution in [3.05, 3.63) is 34.9 Å². The smallest absolute Gasteiger partial charge is 0.0794 e. The maximum Gasteiger partial charge on any atom is 0.0794 e. The summed E-state index contributed by atoms with van der Waals surface area (Å²) in [4.78, 5) is 2.27. The normalized spacial score (nSPS) is 18.2. The lowest BCUT2D eigenvalue weighted by atomic mass is 10.0. The molecule has 0 atom stereocenters. The van der Waals surface area contributed by atoms with Gasteiger partial charge in [-0.05, 0) is 25.0 Å². The summed E-state index contributed by atoms with van der Waals surface area (Å²) in [5, 5.41) is 9.17. The second-order valence-electron chi connectivity index (χ2n) is 4.28. The van der Waals surface area contributed by atoms with E-state index in [0.29, 0.717) is 0 Å². The van der Waals surface area contributed by atoms with E-state index in [9.17, 15) is 0 Å². The summed E-state index contributed by atoms with van der Waals surface area (Å²) in [5.41, 5.74) is 4.05. The van der Waals surface area contributed by atoms with Crippen molar-refractivity contribution in [1.82, 2.24) is 4.90 Å². The average molecular weight is 191 g/mol. The maximum atomic E-state index is 9.17. The second kappa shape index (κ2) is 3.71. The molecule has 14 heavy (non-hydrogen) atoms. The number of aliphatic hydroxyl groups is 1. The molecule has 0 amide bonds. The van der Waals surface area contributed by atoms with Crippen molar-refractivity contribution in [3.63, 3.8) is 0 Å². The molecule has 1 aromatic carbocycles. The van der Waals surface area contributed by atoms with Crippen molar-refractivity contribution < 1.29 is 5.11 Å². The van der Waals surface area contributed by atoms with Gasteiger partial charge in [-0.1, -0.05) is 23.8 Å². The van der Waals surface area contributed by atoms with Crippen LogP contribution in [-0.4, -0.2) is 29.2 Å². The summed E-state index contributed by atoms with van der Waals surface area (Å²) in [6.45, 7) is 6.90. The van der Waals surface area contributed by atoms with Crippen molar-refractivity contribution in [2.24, 2.45) is 0 Å². The fourth-order valence-corrected chi connectivity index (χ4v) is 1.94. The number of aryl methyl sites for hydroxylation is 2. The second-order valence-corrected chi connectivity index (χ2v) is 4.28. The molecule has 0 saturated carbocycles. The van der Waals surface area contributed by atoms with E-state index in [1.165, 1.54) is 16.7 Å². The van der Waals surface area contributed by atoms with E-state index in [4.69, 9.17) is 5.11 Å². The molecule has 1 aliphatic heterocycles. The first kappa shape index (κ1) is 9.69. The molecule has 2 heteroatoms. The Bertz CT molecular complexity index is 329. The van der Waals surface area contributed by atoms with Crippen LogP contribution in [0.5, 0.6) is 0 Å². The van der Waals surface area contributed by atoms with Crippen LogP contribution >= 0.6 is 0 Å². The van der Waals surface area contributed by atoms with Gasteiger partial charge in [-0.3, -0.25) is 4.90 Å². The molecule has 0 spiro atoms. The third kappa shape index (κ3) is 1.97. The molecule has 0 aromatic heterocycles. The first-order chi connectivity index (χ1) is 6.65. The van der Waals surface area contributed by atoms with Crippen LogP contribution < -0.4 is 0 Å². The lowest BCUT2D eigenvalue weighted by molar-refractivity contribution is -0.00296. The van der Waals surface area contributed by atoms with Gasteiger partial charge >= 0.3 is 0 Å². The minimum absolute atomic E-state index is 0.0965. The van der Waals surface area contributed by atoms with Gasteiger partial charge in [0, 0.05) is 19.6 Å². The summed E-state index contributed by atoms with van der Waals surface area (Å²) in [7, 11) is 0. The minimum Gasteiger partial charge on any atom is -0.390 e. The van der Waals surface area contributed by atoms with Crippen molar-refractivity contribution in [2.45, 2.75) is 26.5 Å². The summed E-state index contributed by atoms with van der Waals surface area (Å²) in [6, 6.07) is 6.56. The fraction of sp³-hybridized carbons (Fsp3) is 0.500. The topological polar surface area (TPSA) is 23.5 Å². The summed E-state index contributed by atoms with van der Waals surface area (Å²) in [6.07, 6.45) is -0.0965. The van der Waals surface area contributed by atoms with Crippen LogP contribution in [0.1, 0.15) is 16.7 Å². The van der Waals surface area contributed by atoms with Crippen molar-refractivity contribution >= 4 is 0 Å². The number of aliphatic hydroxyl groups excluding tert-OH is 1. The number of hydrogen-bond donors (Lipinski definition) is 1. The summed E-state index contributed by atoms with van der Waals surface area (Å²) < 4.78 is 0. The van der Waals surface area contributed by atoms with Crippen LogP contribution in [0.25, 0.3) is 0 Å². The number of β-amino-alcohol motifs (C(OH)–C–C–N with tert-alkyl or cyclic N) is 1. The number of likely N-dealkylation sites (tertiary alicyclic amines) is 1. The molecule has 0 aliphatic carbocycles. The van der Waals surface area contributed by atoms with Gasteiger partial charge in [0.15, 0.2) is 0 Å². The monoisotopic (exact) mass is 191 g/mol. The Kier molecular flexibility index (Phi) is 2.57. The lowest BCUT2D eigenvalue weighted by Crippen LogP contribution is -2.49. The highest BCUT2D eigenvalue weighted by molar-refractivity contribution is 5.30. The zero-order chi connectivity index (χ0) is 10.1. The molecular weight excluding hydrogens is 174 g/mol. The molecule has 0 radical (unpaired) electrons. The zero-order valence-electron chi connectivity index (χ0n) is 8.83. The van der Waals surface area contributed by atoms with Gasteiger partial charge in [0.05, 0.1) is 6.10 Å². The summed E-state index contributed by atoms with van der Waals surface area (Å²) in [5.74, 6) is 0. The van der Waals surface area contributed by atoms with E-state index in [0.717, 1.165) is 19.6 Å². The van der Waals surface area contributed by atoms with E-state index < -0.39 is 0 Å². The zero-order valence-corrected chi connectivity index (χ0v) is 8.83. The van der Waals surface area contributed by atoms with E-state index in [-0.39, 0.29) is 6.10 Å². The summed E-state index contributed by atoms with van der Waals surface area (Å²) >= 11 is 0. The predicted molar refractivity (Wildman–Crippen MR) is 57.2 cm³/mol. The first-order valence-electron chi connectivity index (χ1n) is 5.11. The van der Waals surface area contributed by atoms with Crippen molar-refractivity contribution in [2.75, 3.05) is 13.1 Å². The van der Waals surface area contributed by atoms with Gasteiger partial charge in [-0.25, -0.2) is 0 Å². The fourth-order valence-electron chi connectivity index (χ4n) is 1.94. The Balaban J connectivity index is 2.02. The van der Waals surface area contributed by atoms with Crippen LogP contribution in [0.3, 0.4) is 0 Å². The van der Waals surface area contributed by atoms with Crippen LogP contribution in [0.4, 0.5) is 0 Å². The van der Waals surface area contributed by atoms with Crippen LogP contribution in [-0.2, 0) is 6.54 Å². The molecule has 0 unspecified atom stereocenters. The van der Waals surface area contributed by atoms with Gasteiger partial charge in [0.1, 0.15) is 0 Å². The SMILES string of the molecule is Cc1ccc(CN2CC(O)C2)c(C)c1. The molecule has 0 bridgehead atoms. The van der Waals surface area contributed by atoms with E-state index in [1.54, 1.807) is 0 Å². The largest absolute Gasteiger partial charge is 0.390 e.